The molecule has 0 spiro atoms. The van der Waals surface area contributed by atoms with Gasteiger partial charge in [0.2, 0.25) is 0 Å². The maximum atomic E-state index is 13.1. The van der Waals surface area contributed by atoms with Crippen LogP contribution in [0.1, 0.15) is 29.8 Å². The van der Waals surface area contributed by atoms with E-state index >= 15 is 0 Å². The molecule has 0 amide bonds. The zero-order chi connectivity index (χ0) is 14.5. The second kappa shape index (κ2) is 7.55. The van der Waals surface area contributed by atoms with Gasteiger partial charge in [0.15, 0.2) is 0 Å². The average molecular weight is 377 g/mol. The Morgan fingerprint density at radius 2 is 2.20 bits per heavy atom. The van der Waals surface area contributed by atoms with E-state index in [1.165, 1.54) is 17.0 Å². The average Bonchev–Trinajstić information content (AvgIpc) is 2.83. The third-order valence-electron chi connectivity index (χ3n) is 3.01. The summed E-state index contributed by atoms with van der Waals surface area (Å²) in [7, 11) is 0. The van der Waals surface area contributed by atoms with E-state index in [1.54, 1.807) is 17.4 Å². The van der Waals surface area contributed by atoms with E-state index < -0.39 is 0 Å². The molecule has 0 radical (unpaired) electrons. The number of halogens is 3. The molecule has 1 heterocycles. The second-order valence-corrected chi connectivity index (χ2v) is 6.88. The third kappa shape index (κ3) is 4.29. The zero-order valence-electron chi connectivity index (χ0n) is 11.1. The molecule has 2 rings (SSSR count). The standard InChI is InChI=1S/C15H16BrClFNS/c1-2-5-19-14(15-7-11(16)9-20-15)6-10-3-4-12(18)8-13(10)17/h3-4,7-9,14,19H,2,5-6H2,1H3. The molecule has 0 aliphatic rings. The molecular formula is C15H16BrClFNS. The summed E-state index contributed by atoms with van der Waals surface area (Å²) in [4.78, 5) is 1.26. The van der Waals surface area contributed by atoms with Crippen molar-refractivity contribution in [2.75, 3.05) is 6.54 Å². The lowest BCUT2D eigenvalue weighted by atomic mass is 10.0. The van der Waals surface area contributed by atoms with Gasteiger partial charge in [-0.1, -0.05) is 24.6 Å². The van der Waals surface area contributed by atoms with Crippen LogP contribution in [0.2, 0.25) is 5.02 Å². The van der Waals surface area contributed by atoms with E-state index in [4.69, 9.17) is 11.6 Å². The SMILES string of the molecule is CCCNC(Cc1ccc(F)cc1Cl)c1cc(Br)cs1. The van der Waals surface area contributed by atoms with E-state index in [0.717, 1.165) is 29.4 Å². The fraction of sp³-hybridized carbons (Fsp3) is 0.333. The van der Waals surface area contributed by atoms with E-state index in [-0.39, 0.29) is 11.9 Å². The van der Waals surface area contributed by atoms with Crippen LogP contribution in [-0.4, -0.2) is 6.54 Å². The zero-order valence-corrected chi connectivity index (χ0v) is 14.3. The highest BCUT2D eigenvalue weighted by molar-refractivity contribution is 9.10. The number of benzene rings is 1. The molecule has 0 saturated carbocycles. The Morgan fingerprint density at radius 3 is 2.80 bits per heavy atom. The lowest BCUT2D eigenvalue weighted by Gasteiger charge is -2.18. The first-order chi connectivity index (χ1) is 9.60. The maximum absolute atomic E-state index is 13.1. The fourth-order valence-corrected chi connectivity index (χ4v) is 3.78. The highest BCUT2D eigenvalue weighted by Gasteiger charge is 2.15. The number of hydrogen-bond acceptors (Lipinski definition) is 2. The molecule has 108 valence electrons. The van der Waals surface area contributed by atoms with Gasteiger partial charge in [0.1, 0.15) is 5.82 Å². The molecular weight excluding hydrogens is 361 g/mol. The molecule has 1 unspecified atom stereocenters. The smallest absolute Gasteiger partial charge is 0.124 e. The van der Waals surface area contributed by atoms with Gasteiger partial charge >= 0.3 is 0 Å². The first-order valence-electron chi connectivity index (χ1n) is 6.51. The van der Waals surface area contributed by atoms with Crippen LogP contribution in [0.25, 0.3) is 0 Å². The summed E-state index contributed by atoms with van der Waals surface area (Å²) in [5, 5.41) is 6.09. The summed E-state index contributed by atoms with van der Waals surface area (Å²) in [6.45, 7) is 3.08. The molecule has 0 saturated heterocycles. The minimum atomic E-state index is -0.296. The Bertz CT molecular complexity index is 573. The normalized spacial score (nSPS) is 12.6. The van der Waals surface area contributed by atoms with Crippen LogP contribution in [0.3, 0.4) is 0 Å². The van der Waals surface area contributed by atoms with Gasteiger partial charge in [0, 0.05) is 25.8 Å². The van der Waals surface area contributed by atoms with Gasteiger partial charge in [-0.2, -0.15) is 0 Å². The molecule has 5 heteroatoms. The molecule has 0 aliphatic carbocycles. The van der Waals surface area contributed by atoms with Crippen molar-refractivity contribution in [2.24, 2.45) is 0 Å². The Kier molecular flexibility index (Phi) is 6.02. The van der Waals surface area contributed by atoms with Crippen molar-refractivity contribution in [2.45, 2.75) is 25.8 Å². The van der Waals surface area contributed by atoms with Crippen molar-refractivity contribution >= 4 is 38.9 Å². The molecule has 1 aromatic carbocycles. The minimum Gasteiger partial charge on any atom is -0.309 e. The summed E-state index contributed by atoms with van der Waals surface area (Å²) >= 11 is 11.3. The van der Waals surface area contributed by atoms with Crippen molar-refractivity contribution in [3.8, 4) is 0 Å². The van der Waals surface area contributed by atoms with Crippen LogP contribution in [0, 0.1) is 5.82 Å². The third-order valence-corrected chi connectivity index (χ3v) is 5.17. The predicted molar refractivity (Wildman–Crippen MR) is 88.2 cm³/mol. The van der Waals surface area contributed by atoms with E-state index in [2.05, 4.69) is 39.6 Å². The molecule has 0 aliphatic heterocycles. The van der Waals surface area contributed by atoms with E-state index in [9.17, 15) is 4.39 Å². The van der Waals surface area contributed by atoms with Gasteiger partial charge in [-0.05, 0) is 59.1 Å². The van der Waals surface area contributed by atoms with Crippen molar-refractivity contribution < 1.29 is 4.39 Å². The minimum absolute atomic E-state index is 0.203. The molecule has 1 aromatic heterocycles. The quantitative estimate of drug-likeness (QED) is 0.693. The number of nitrogens with one attached hydrogen (secondary N) is 1. The number of rotatable bonds is 6. The van der Waals surface area contributed by atoms with Crippen LogP contribution < -0.4 is 5.32 Å². The van der Waals surface area contributed by atoms with Gasteiger partial charge in [-0.15, -0.1) is 11.3 Å². The lowest BCUT2D eigenvalue weighted by molar-refractivity contribution is 0.536. The Labute approximate surface area is 136 Å². The highest BCUT2D eigenvalue weighted by Crippen LogP contribution is 2.30. The molecule has 1 N–H and O–H groups in total. The van der Waals surface area contributed by atoms with E-state index in [1.807, 2.05) is 0 Å². The lowest BCUT2D eigenvalue weighted by Crippen LogP contribution is -2.23. The molecule has 1 nitrogen and oxygen atoms in total. The Hall–Kier alpha value is -0.420. The topological polar surface area (TPSA) is 12.0 Å². The fourth-order valence-electron chi connectivity index (χ4n) is 2.01. The summed E-state index contributed by atoms with van der Waals surface area (Å²) in [6.07, 6.45) is 1.83. The first kappa shape index (κ1) is 16.0. The highest BCUT2D eigenvalue weighted by atomic mass is 79.9. The van der Waals surface area contributed by atoms with Crippen molar-refractivity contribution in [3.63, 3.8) is 0 Å². The molecule has 2 aromatic rings. The molecule has 0 bridgehead atoms. The van der Waals surface area contributed by atoms with Gasteiger partial charge in [0.25, 0.3) is 0 Å². The summed E-state index contributed by atoms with van der Waals surface area (Å²) < 4.78 is 14.2. The Balaban J connectivity index is 2.18. The first-order valence-corrected chi connectivity index (χ1v) is 8.56. The number of thiophene rings is 1. The largest absolute Gasteiger partial charge is 0.309 e. The van der Waals surface area contributed by atoms with Crippen LogP contribution in [0.4, 0.5) is 4.39 Å². The van der Waals surface area contributed by atoms with E-state index in [0.29, 0.717) is 5.02 Å². The van der Waals surface area contributed by atoms with Gasteiger partial charge < -0.3 is 5.32 Å². The summed E-state index contributed by atoms with van der Waals surface area (Å²) in [6, 6.07) is 6.92. The van der Waals surface area contributed by atoms with Crippen LogP contribution >= 0.6 is 38.9 Å². The van der Waals surface area contributed by atoms with Gasteiger partial charge in [-0.25, -0.2) is 4.39 Å². The summed E-state index contributed by atoms with van der Waals surface area (Å²) in [5.41, 5.74) is 0.964. The van der Waals surface area contributed by atoms with Crippen molar-refractivity contribution in [1.82, 2.24) is 5.32 Å². The summed E-state index contributed by atoms with van der Waals surface area (Å²) in [5.74, 6) is -0.296. The maximum Gasteiger partial charge on any atom is 0.124 e. The second-order valence-electron chi connectivity index (χ2n) is 4.61. The van der Waals surface area contributed by atoms with Crippen molar-refractivity contribution in [1.29, 1.82) is 0 Å². The molecule has 0 fully saturated rings. The van der Waals surface area contributed by atoms with Crippen LogP contribution in [0.5, 0.6) is 0 Å². The Morgan fingerprint density at radius 1 is 1.40 bits per heavy atom. The molecule has 20 heavy (non-hydrogen) atoms. The van der Waals surface area contributed by atoms with Crippen LogP contribution in [-0.2, 0) is 6.42 Å². The molecule has 1 atom stereocenters. The monoisotopic (exact) mass is 375 g/mol. The van der Waals surface area contributed by atoms with Gasteiger partial charge in [0.05, 0.1) is 0 Å². The van der Waals surface area contributed by atoms with Crippen LogP contribution in [0.15, 0.2) is 34.1 Å². The van der Waals surface area contributed by atoms with Gasteiger partial charge in [-0.3, -0.25) is 0 Å². The number of hydrogen-bond donors (Lipinski definition) is 1. The van der Waals surface area contributed by atoms with Crippen molar-refractivity contribution in [3.05, 3.63) is 55.4 Å². The predicted octanol–water partition coefficient (Wildman–Crippen LogP) is 5.59.